The second kappa shape index (κ2) is 9.72. The molecule has 8 heteroatoms. The highest BCUT2D eigenvalue weighted by Gasteiger charge is 2.17. The number of nitrogens with two attached hydrogens (primary N) is 1. The number of aliphatic imine (C=N–C) groups is 1. The van der Waals surface area contributed by atoms with Crippen LogP contribution in [0.3, 0.4) is 0 Å². The van der Waals surface area contributed by atoms with Gasteiger partial charge < -0.3 is 16.0 Å². The number of anilines is 1. The summed E-state index contributed by atoms with van der Waals surface area (Å²) in [6.07, 6.45) is 4.65. The molecule has 1 saturated heterocycles. The third kappa shape index (κ3) is 6.00. The highest BCUT2D eigenvalue weighted by Crippen LogP contribution is 2.09. The van der Waals surface area contributed by atoms with Crippen LogP contribution in [0.25, 0.3) is 0 Å². The molecule has 0 saturated carbocycles. The zero-order valence-electron chi connectivity index (χ0n) is 12.4. The van der Waals surface area contributed by atoms with Crippen LogP contribution in [0.4, 0.5) is 5.95 Å². The van der Waals surface area contributed by atoms with E-state index in [9.17, 15) is 0 Å². The van der Waals surface area contributed by atoms with Gasteiger partial charge in [-0.3, -0.25) is 9.89 Å². The van der Waals surface area contributed by atoms with Gasteiger partial charge in [0.15, 0.2) is 5.96 Å². The molecule has 2 rings (SSSR count). The van der Waals surface area contributed by atoms with E-state index in [1.165, 1.54) is 0 Å². The Morgan fingerprint density at radius 3 is 2.57 bits per heavy atom. The van der Waals surface area contributed by atoms with Crippen LogP contribution in [-0.4, -0.2) is 67.1 Å². The van der Waals surface area contributed by atoms with Gasteiger partial charge in [0.25, 0.3) is 0 Å². The van der Waals surface area contributed by atoms with Crippen LogP contribution in [0.15, 0.2) is 23.5 Å². The van der Waals surface area contributed by atoms with Gasteiger partial charge in [0.1, 0.15) is 0 Å². The summed E-state index contributed by atoms with van der Waals surface area (Å²) in [5.74, 6) is 1.34. The predicted molar refractivity (Wildman–Crippen MR) is 96.3 cm³/mol. The lowest BCUT2D eigenvalue weighted by Gasteiger charge is -2.34. The van der Waals surface area contributed by atoms with Crippen molar-refractivity contribution < 1.29 is 0 Å². The molecule has 0 unspecified atom stereocenters. The molecule has 1 aromatic heterocycles. The molecule has 1 aliphatic rings. The summed E-state index contributed by atoms with van der Waals surface area (Å²) in [4.78, 5) is 17.1. The van der Waals surface area contributed by atoms with Crippen LogP contribution in [0.5, 0.6) is 0 Å². The lowest BCUT2D eigenvalue weighted by molar-refractivity contribution is 0.254. The SMILES string of the molecule is CN=C(N)NCCCN1CCN(c2ncccn2)CC1.I. The molecule has 7 nitrogen and oxygen atoms in total. The van der Waals surface area contributed by atoms with E-state index in [-0.39, 0.29) is 24.0 Å². The Balaban J connectivity index is 0.00000220. The Hall–Kier alpha value is -1.16. The Morgan fingerprint density at radius 2 is 1.95 bits per heavy atom. The van der Waals surface area contributed by atoms with Crippen LogP contribution in [-0.2, 0) is 0 Å². The molecular weight excluding hydrogens is 381 g/mol. The van der Waals surface area contributed by atoms with Gasteiger partial charge in [-0.1, -0.05) is 0 Å². The van der Waals surface area contributed by atoms with Crippen molar-refractivity contribution in [3.63, 3.8) is 0 Å². The number of rotatable bonds is 5. The smallest absolute Gasteiger partial charge is 0.225 e. The first-order valence-corrected chi connectivity index (χ1v) is 7.00. The van der Waals surface area contributed by atoms with Crippen molar-refractivity contribution in [1.29, 1.82) is 0 Å². The van der Waals surface area contributed by atoms with Gasteiger partial charge >= 0.3 is 0 Å². The van der Waals surface area contributed by atoms with Crippen molar-refractivity contribution in [2.24, 2.45) is 10.7 Å². The molecule has 3 N–H and O–H groups in total. The Kier molecular flexibility index (Phi) is 8.28. The fourth-order valence-corrected chi connectivity index (χ4v) is 2.22. The van der Waals surface area contributed by atoms with E-state index in [0.29, 0.717) is 5.96 Å². The average Bonchev–Trinajstić information content (AvgIpc) is 2.52. The van der Waals surface area contributed by atoms with Crippen LogP contribution in [0, 0.1) is 0 Å². The van der Waals surface area contributed by atoms with Crippen LogP contribution < -0.4 is 16.0 Å². The molecule has 1 fully saturated rings. The zero-order valence-corrected chi connectivity index (χ0v) is 14.7. The normalized spacial score (nSPS) is 16.4. The molecule has 0 bridgehead atoms. The number of piperazine rings is 1. The lowest BCUT2D eigenvalue weighted by atomic mass is 10.3. The molecule has 21 heavy (non-hydrogen) atoms. The van der Waals surface area contributed by atoms with Gasteiger partial charge in [-0.2, -0.15) is 0 Å². The summed E-state index contributed by atoms with van der Waals surface area (Å²) in [5, 5.41) is 3.08. The summed E-state index contributed by atoms with van der Waals surface area (Å²) in [7, 11) is 1.69. The van der Waals surface area contributed by atoms with Crippen LogP contribution in [0.1, 0.15) is 6.42 Å². The Bertz CT molecular complexity index is 418. The maximum atomic E-state index is 5.58. The van der Waals surface area contributed by atoms with Crippen LogP contribution in [0.2, 0.25) is 0 Å². The van der Waals surface area contributed by atoms with E-state index in [0.717, 1.165) is 51.6 Å². The number of hydrogen-bond donors (Lipinski definition) is 2. The van der Waals surface area contributed by atoms with Crippen molar-refractivity contribution in [2.45, 2.75) is 6.42 Å². The van der Waals surface area contributed by atoms with Gasteiger partial charge in [0.05, 0.1) is 0 Å². The Labute approximate surface area is 143 Å². The lowest BCUT2D eigenvalue weighted by Crippen LogP contribution is -2.47. The van der Waals surface area contributed by atoms with E-state index in [1.807, 2.05) is 6.07 Å². The quantitative estimate of drug-likeness (QED) is 0.314. The summed E-state index contributed by atoms with van der Waals surface area (Å²) in [6, 6.07) is 1.85. The fourth-order valence-electron chi connectivity index (χ4n) is 2.22. The summed E-state index contributed by atoms with van der Waals surface area (Å²) in [5.41, 5.74) is 5.58. The van der Waals surface area contributed by atoms with Crippen molar-refractivity contribution in [2.75, 3.05) is 51.2 Å². The molecular formula is C13H24IN7. The van der Waals surface area contributed by atoms with Gasteiger partial charge in [0.2, 0.25) is 5.95 Å². The molecule has 1 aliphatic heterocycles. The third-order valence-corrected chi connectivity index (χ3v) is 3.41. The largest absolute Gasteiger partial charge is 0.370 e. The monoisotopic (exact) mass is 405 g/mol. The maximum absolute atomic E-state index is 5.58. The van der Waals surface area contributed by atoms with Gasteiger partial charge in [-0.25, -0.2) is 9.97 Å². The van der Waals surface area contributed by atoms with E-state index >= 15 is 0 Å². The number of halogens is 1. The van der Waals surface area contributed by atoms with Crippen molar-refractivity contribution >= 4 is 35.9 Å². The minimum Gasteiger partial charge on any atom is -0.370 e. The van der Waals surface area contributed by atoms with Crippen molar-refractivity contribution in [1.82, 2.24) is 20.2 Å². The highest BCUT2D eigenvalue weighted by molar-refractivity contribution is 14.0. The Morgan fingerprint density at radius 1 is 1.29 bits per heavy atom. The first-order valence-electron chi connectivity index (χ1n) is 7.00. The minimum atomic E-state index is 0. The van der Waals surface area contributed by atoms with Gasteiger partial charge in [-0.15, -0.1) is 24.0 Å². The number of hydrogen-bond acceptors (Lipinski definition) is 5. The summed E-state index contributed by atoms with van der Waals surface area (Å²) < 4.78 is 0. The fraction of sp³-hybridized carbons (Fsp3) is 0.615. The second-order valence-corrected chi connectivity index (χ2v) is 4.77. The van der Waals surface area contributed by atoms with E-state index in [4.69, 9.17) is 5.73 Å². The number of aromatic nitrogens is 2. The second-order valence-electron chi connectivity index (χ2n) is 4.77. The maximum Gasteiger partial charge on any atom is 0.225 e. The molecule has 0 aromatic carbocycles. The summed E-state index contributed by atoms with van der Waals surface area (Å²) >= 11 is 0. The molecule has 0 atom stereocenters. The van der Waals surface area contributed by atoms with Crippen LogP contribution >= 0.6 is 24.0 Å². The first kappa shape index (κ1) is 17.9. The van der Waals surface area contributed by atoms with Crippen molar-refractivity contribution in [3.05, 3.63) is 18.5 Å². The van der Waals surface area contributed by atoms with Gasteiger partial charge in [-0.05, 0) is 19.0 Å². The van der Waals surface area contributed by atoms with E-state index < -0.39 is 0 Å². The predicted octanol–water partition coefficient (Wildman–Crippen LogP) is 0.141. The molecule has 2 heterocycles. The first-order chi connectivity index (χ1) is 9.79. The number of guanidine groups is 1. The summed E-state index contributed by atoms with van der Waals surface area (Å²) in [6.45, 7) is 6.01. The average molecular weight is 405 g/mol. The molecule has 1 aromatic rings. The molecule has 118 valence electrons. The minimum absolute atomic E-state index is 0. The highest BCUT2D eigenvalue weighted by atomic mass is 127. The van der Waals surface area contributed by atoms with E-state index in [1.54, 1.807) is 19.4 Å². The standard InChI is InChI=1S/C13H23N7.HI/c1-15-12(14)16-6-3-7-19-8-10-20(11-9-19)13-17-4-2-5-18-13;/h2,4-5H,3,6-11H2,1H3,(H3,14,15,16);1H. The number of nitrogens with zero attached hydrogens (tertiary/aromatic N) is 5. The van der Waals surface area contributed by atoms with Gasteiger partial charge in [0, 0.05) is 52.2 Å². The van der Waals surface area contributed by atoms with Crippen molar-refractivity contribution in [3.8, 4) is 0 Å². The molecule has 0 aliphatic carbocycles. The van der Waals surface area contributed by atoms with E-state index in [2.05, 4.69) is 30.1 Å². The molecule has 0 amide bonds. The zero-order chi connectivity index (χ0) is 14.2. The topological polar surface area (TPSA) is 82.7 Å². The number of nitrogens with one attached hydrogen (secondary N) is 1. The third-order valence-electron chi connectivity index (χ3n) is 3.41. The molecule has 0 spiro atoms. The molecule has 0 radical (unpaired) electrons.